The lowest BCUT2D eigenvalue weighted by molar-refractivity contribution is 0.622. The van der Waals surface area contributed by atoms with E-state index >= 15 is 0 Å². The molecule has 0 aliphatic rings. The van der Waals surface area contributed by atoms with Crippen molar-refractivity contribution in [3.63, 3.8) is 0 Å². The molecule has 0 aliphatic heterocycles. The minimum Gasteiger partial charge on any atom is -0.346 e. The molecule has 6 rings (SSSR count). The van der Waals surface area contributed by atoms with Crippen LogP contribution in [0.15, 0.2) is 49.6 Å². The predicted molar refractivity (Wildman–Crippen MR) is 166 cm³/mol. The van der Waals surface area contributed by atoms with Crippen molar-refractivity contribution in [3.05, 3.63) is 59.6 Å². The van der Waals surface area contributed by atoms with Gasteiger partial charge in [0.25, 0.3) is 0 Å². The Bertz CT molecular complexity index is 1700. The first kappa shape index (κ1) is 29.0. The standard InChI is InChI=1S/2C15H15N5S/c2*1-2-3-10(4-6-16)15-18-8-12(21-15)13-11-5-7-17-14(11)20-9-19-13/h2*5,7-10H,2-4H2,1H3,(H,17,19,20)/t2*10-/m10/s1. The molecule has 12 heteroatoms. The number of aromatic amines is 2. The van der Waals surface area contributed by atoms with Crippen LogP contribution in [0.3, 0.4) is 0 Å². The molecule has 0 amide bonds. The van der Waals surface area contributed by atoms with Crippen LogP contribution in [0.2, 0.25) is 0 Å². The quantitative estimate of drug-likeness (QED) is 0.163. The number of thiazole rings is 2. The Morgan fingerprint density at radius 3 is 1.55 bits per heavy atom. The summed E-state index contributed by atoms with van der Waals surface area (Å²) in [5, 5.41) is 22.0. The van der Waals surface area contributed by atoms with Crippen LogP contribution in [0.5, 0.6) is 0 Å². The molecule has 2 N–H and O–H groups in total. The van der Waals surface area contributed by atoms with E-state index < -0.39 is 0 Å². The average molecular weight is 595 g/mol. The van der Waals surface area contributed by atoms with Gasteiger partial charge in [-0.2, -0.15) is 10.5 Å². The van der Waals surface area contributed by atoms with Crippen LogP contribution in [-0.4, -0.2) is 39.9 Å². The molecule has 0 spiro atoms. The van der Waals surface area contributed by atoms with E-state index in [9.17, 15) is 0 Å². The van der Waals surface area contributed by atoms with Crippen molar-refractivity contribution >= 4 is 44.7 Å². The van der Waals surface area contributed by atoms with Crippen LogP contribution in [0, 0.1) is 22.7 Å². The molecule has 0 fully saturated rings. The third kappa shape index (κ3) is 6.35. The number of hydrogen-bond donors (Lipinski definition) is 2. The third-order valence-corrected chi connectivity index (χ3v) is 9.20. The minimum atomic E-state index is 0.224. The Hall–Kier alpha value is -4.52. The summed E-state index contributed by atoms with van der Waals surface area (Å²) >= 11 is 3.25. The minimum absolute atomic E-state index is 0.224. The molecule has 0 radical (unpaired) electrons. The molecule has 10 nitrogen and oxygen atoms in total. The molecule has 0 saturated heterocycles. The number of H-pyrrole nitrogens is 2. The SMILES string of the molecule is CCC[C@@H](CC#N)c1ncc(-c2ncnc3[nH]ccc23)s1.CCC[C@H](CC#N)c1ncc(-c2ncnc3[nH]ccc23)s1. The number of nitrogens with one attached hydrogen (secondary N) is 2. The molecular formula is C30H30N10S2. The Balaban J connectivity index is 0.000000168. The van der Waals surface area contributed by atoms with E-state index in [4.69, 9.17) is 10.5 Å². The number of aromatic nitrogens is 8. The van der Waals surface area contributed by atoms with E-state index in [2.05, 4.69) is 65.9 Å². The van der Waals surface area contributed by atoms with Gasteiger partial charge in [0.05, 0.1) is 43.3 Å². The van der Waals surface area contributed by atoms with Crippen molar-refractivity contribution in [2.45, 2.75) is 64.2 Å². The first-order valence-corrected chi connectivity index (χ1v) is 15.5. The molecular weight excluding hydrogens is 565 g/mol. The van der Waals surface area contributed by atoms with Gasteiger partial charge in [-0.3, -0.25) is 0 Å². The number of nitriles is 2. The van der Waals surface area contributed by atoms with Gasteiger partial charge in [0.1, 0.15) is 23.9 Å². The van der Waals surface area contributed by atoms with Crippen molar-refractivity contribution < 1.29 is 0 Å². The van der Waals surface area contributed by atoms with Crippen molar-refractivity contribution in [2.24, 2.45) is 0 Å². The van der Waals surface area contributed by atoms with Gasteiger partial charge < -0.3 is 9.97 Å². The summed E-state index contributed by atoms with van der Waals surface area (Å²) in [6.07, 6.45) is 15.7. The summed E-state index contributed by atoms with van der Waals surface area (Å²) in [6.45, 7) is 4.26. The Morgan fingerprint density at radius 2 is 1.14 bits per heavy atom. The van der Waals surface area contributed by atoms with Crippen LogP contribution in [-0.2, 0) is 0 Å². The first-order valence-electron chi connectivity index (χ1n) is 13.9. The van der Waals surface area contributed by atoms with Crippen LogP contribution >= 0.6 is 22.7 Å². The molecule has 6 aromatic heterocycles. The number of hydrogen-bond acceptors (Lipinski definition) is 10. The zero-order valence-electron chi connectivity index (χ0n) is 23.4. The molecule has 6 heterocycles. The monoisotopic (exact) mass is 594 g/mol. The summed E-state index contributed by atoms with van der Waals surface area (Å²) in [5.74, 6) is 0.449. The van der Waals surface area contributed by atoms with Gasteiger partial charge >= 0.3 is 0 Å². The lowest BCUT2D eigenvalue weighted by Gasteiger charge is -2.07. The second-order valence-electron chi connectivity index (χ2n) is 9.75. The van der Waals surface area contributed by atoms with E-state index in [1.165, 1.54) is 0 Å². The van der Waals surface area contributed by atoms with Crippen molar-refractivity contribution in [2.75, 3.05) is 0 Å². The first-order chi connectivity index (χ1) is 20.7. The molecule has 0 unspecified atom stereocenters. The fourth-order valence-corrected chi connectivity index (χ4v) is 6.98. The molecule has 42 heavy (non-hydrogen) atoms. The van der Waals surface area contributed by atoms with Gasteiger partial charge in [-0.1, -0.05) is 26.7 Å². The lowest BCUT2D eigenvalue weighted by atomic mass is 10.0. The second-order valence-corrected chi connectivity index (χ2v) is 11.9. The number of rotatable bonds is 10. The van der Waals surface area contributed by atoms with Gasteiger partial charge in [-0.15, -0.1) is 22.7 Å². The summed E-state index contributed by atoms with van der Waals surface area (Å²) in [4.78, 5) is 34.4. The van der Waals surface area contributed by atoms with Crippen molar-refractivity contribution in [3.8, 4) is 33.3 Å². The van der Waals surface area contributed by atoms with Crippen molar-refractivity contribution in [1.29, 1.82) is 10.5 Å². The smallest absolute Gasteiger partial charge is 0.141 e. The maximum Gasteiger partial charge on any atom is 0.141 e. The Morgan fingerprint density at radius 1 is 0.690 bits per heavy atom. The molecule has 2 atom stereocenters. The zero-order chi connectivity index (χ0) is 29.3. The van der Waals surface area contributed by atoms with E-state index in [0.717, 1.165) is 78.9 Å². The van der Waals surface area contributed by atoms with Crippen molar-refractivity contribution in [1.82, 2.24) is 39.9 Å². The number of nitrogens with zero attached hydrogens (tertiary/aromatic N) is 8. The fourth-order valence-electron chi connectivity index (χ4n) is 4.85. The summed E-state index contributed by atoms with van der Waals surface area (Å²) in [6, 6.07) is 8.47. The molecule has 212 valence electrons. The normalized spacial score (nSPS) is 12.4. The third-order valence-electron chi connectivity index (χ3n) is 6.87. The van der Waals surface area contributed by atoms with Crippen LogP contribution < -0.4 is 0 Å². The molecule has 0 saturated carbocycles. The van der Waals surface area contributed by atoms with Gasteiger partial charge in [-0.25, -0.2) is 29.9 Å². The molecule has 0 bridgehead atoms. The molecule has 0 aliphatic carbocycles. The second kappa shape index (κ2) is 13.9. The van der Waals surface area contributed by atoms with Gasteiger partial charge in [0, 0.05) is 60.2 Å². The summed E-state index contributed by atoms with van der Waals surface area (Å²) in [5.41, 5.74) is 3.46. The number of fused-ring (bicyclic) bond motifs is 2. The Kier molecular flexibility index (Phi) is 9.59. The Labute approximate surface area is 251 Å². The predicted octanol–water partition coefficient (Wildman–Crippen LogP) is 7.76. The highest BCUT2D eigenvalue weighted by atomic mass is 32.1. The highest BCUT2D eigenvalue weighted by Gasteiger charge is 2.18. The largest absolute Gasteiger partial charge is 0.346 e. The molecule has 6 aromatic rings. The highest BCUT2D eigenvalue weighted by Crippen LogP contribution is 2.36. The van der Waals surface area contributed by atoms with E-state index in [0.29, 0.717) is 12.8 Å². The average Bonchev–Trinajstić information content (AvgIpc) is 3.83. The fraction of sp³-hybridized carbons (Fsp3) is 0.333. The lowest BCUT2D eigenvalue weighted by Crippen LogP contribution is -1.96. The maximum absolute atomic E-state index is 8.96. The van der Waals surface area contributed by atoms with Crippen LogP contribution in [0.1, 0.15) is 74.2 Å². The maximum atomic E-state index is 8.96. The van der Waals surface area contributed by atoms with Gasteiger partial charge in [0.2, 0.25) is 0 Å². The zero-order valence-corrected chi connectivity index (χ0v) is 25.0. The van der Waals surface area contributed by atoms with E-state index in [1.54, 1.807) is 35.3 Å². The summed E-state index contributed by atoms with van der Waals surface area (Å²) in [7, 11) is 0. The van der Waals surface area contributed by atoms with Gasteiger partial charge in [-0.05, 0) is 25.0 Å². The van der Waals surface area contributed by atoms with E-state index in [1.807, 2.05) is 36.9 Å². The highest BCUT2D eigenvalue weighted by molar-refractivity contribution is 7.15. The summed E-state index contributed by atoms with van der Waals surface area (Å²) < 4.78 is 0. The molecule has 0 aromatic carbocycles. The van der Waals surface area contributed by atoms with Crippen LogP contribution in [0.25, 0.3) is 43.2 Å². The van der Waals surface area contributed by atoms with Crippen LogP contribution in [0.4, 0.5) is 0 Å². The topological polar surface area (TPSA) is 156 Å². The van der Waals surface area contributed by atoms with E-state index in [-0.39, 0.29) is 11.8 Å². The van der Waals surface area contributed by atoms with Gasteiger partial charge in [0.15, 0.2) is 0 Å².